The van der Waals surface area contributed by atoms with E-state index in [1.807, 2.05) is 11.8 Å². The molecular weight excluding hydrogens is 493 g/mol. The fraction of sp³-hybridized carbons (Fsp3) is 0.480. The van der Waals surface area contributed by atoms with Crippen molar-refractivity contribution in [3.63, 3.8) is 0 Å². The third kappa shape index (κ3) is 5.71. The molecule has 1 atom stereocenters. The number of benzene rings is 1. The van der Waals surface area contributed by atoms with Crippen molar-refractivity contribution in [2.24, 2.45) is 0 Å². The van der Waals surface area contributed by atoms with Crippen molar-refractivity contribution in [3.8, 4) is 5.75 Å². The molecule has 11 heteroatoms. The summed E-state index contributed by atoms with van der Waals surface area (Å²) >= 11 is 0. The lowest BCUT2D eigenvalue weighted by atomic mass is 9.94. The number of carbonyl (C=O) groups is 1. The van der Waals surface area contributed by atoms with Crippen LogP contribution in [0.25, 0.3) is 11.0 Å². The van der Waals surface area contributed by atoms with Crippen LogP contribution in [0.3, 0.4) is 0 Å². The molecule has 194 valence electrons. The molecule has 36 heavy (non-hydrogen) atoms. The zero-order chi connectivity index (χ0) is 25.9. The second kappa shape index (κ2) is 11.0. The van der Waals surface area contributed by atoms with Gasteiger partial charge < -0.3 is 9.64 Å². The molecule has 1 amide bonds. The van der Waals surface area contributed by atoms with E-state index < -0.39 is 23.6 Å². The molecule has 7 nitrogen and oxygen atoms in total. The Morgan fingerprint density at radius 3 is 2.61 bits per heavy atom. The Kier molecular flexibility index (Phi) is 7.97. The molecule has 0 bridgehead atoms. The van der Waals surface area contributed by atoms with Gasteiger partial charge in [-0.2, -0.15) is 13.2 Å². The minimum absolute atomic E-state index is 0.0216. The Morgan fingerprint density at radius 1 is 1.19 bits per heavy atom. The second-order valence-corrected chi connectivity index (χ2v) is 10.2. The molecule has 4 rings (SSSR count). The van der Waals surface area contributed by atoms with Gasteiger partial charge in [-0.15, -0.1) is 0 Å². The number of aromatic nitrogens is 3. The minimum Gasteiger partial charge on any atom is -0.484 e. The SMILES string of the molecule is CCN(C(=O)n1c(S(=O)Cc2nccc(OCC(F)(F)F)c2C)nc2ccccc21)C1CCCCC1. The van der Waals surface area contributed by atoms with E-state index in [9.17, 15) is 22.2 Å². The van der Waals surface area contributed by atoms with Crippen LogP contribution in [0.1, 0.15) is 50.3 Å². The van der Waals surface area contributed by atoms with Gasteiger partial charge in [0.15, 0.2) is 6.61 Å². The van der Waals surface area contributed by atoms with E-state index >= 15 is 0 Å². The monoisotopic (exact) mass is 522 g/mol. The highest BCUT2D eigenvalue weighted by Gasteiger charge is 2.31. The molecule has 0 aliphatic heterocycles. The maximum atomic E-state index is 13.8. The summed E-state index contributed by atoms with van der Waals surface area (Å²) in [6.45, 7) is 2.59. The number of alkyl halides is 3. The van der Waals surface area contributed by atoms with Gasteiger partial charge in [0.25, 0.3) is 0 Å². The largest absolute Gasteiger partial charge is 0.484 e. The summed E-state index contributed by atoms with van der Waals surface area (Å²) in [5.74, 6) is -0.102. The molecule has 1 unspecified atom stereocenters. The molecule has 1 fully saturated rings. The normalized spacial score (nSPS) is 15.7. The van der Waals surface area contributed by atoms with Crippen molar-refractivity contribution in [1.29, 1.82) is 0 Å². The Hall–Kier alpha value is -2.95. The molecule has 0 saturated heterocycles. The molecule has 2 heterocycles. The number of hydrogen-bond acceptors (Lipinski definition) is 5. The lowest BCUT2D eigenvalue weighted by Crippen LogP contribution is -2.44. The predicted octanol–water partition coefficient (Wildman–Crippen LogP) is 5.61. The Balaban J connectivity index is 1.66. The molecule has 1 aromatic carbocycles. The Morgan fingerprint density at radius 2 is 1.92 bits per heavy atom. The predicted molar refractivity (Wildman–Crippen MR) is 130 cm³/mol. The fourth-order valence-corrected chi connectivity index (χ4v) is 5.87. The summed E-state index contributed by atoms with van der Waals surface area (Å²) in [7, 11) is -1.80. The van der Waals surface area contributed by atoms with E-state index in [0.29, 0.717) is 28.8 Å². The number of nitrogens with zero attached hydrogens (tertiary/aromatic N) is 4. The third-order valence-electron chi connectivity index (χ3n) is 6.44. The fourth-order valence-electron chi connectivity index (χ4n) is 4.62. The van der Waals surface area contributed by atoms with Crippen molar-refractivity contribution in [2.45, 2.75) is 69.1 Å². The first kappa shape index (κ1) is 26.1. The number of rotatable bonds is 7. The average Bonchev–Trinajstić information content (AvgIpc) is 3.25. The van der Waals surface area contributed by atoms with E-state index in [0.717, 1.165) is 32.1 Å². The molecule has 1 saturated carbocycles. The molecule has 3 aromatic rings. The van der Waals surface area contributed by atoms with Gasteiger partial charge in [0, 0.05) is 24.3 Å². The second-order valence-electron chi connectivity index (χ2n) is 8.85. The first-order valence-corrected chi connectivity index (χ1v) is 13.3. The lowest BCUT2D eigenvalue weighted by Gasteiger charge is -2.33. The van der Waals surface area contributed by atoms with Crippen LogP contribution in [-0.4, -0.2) is 55.0 Å². The number of para-hydroxylation sites is 2. The standard InChI is InChI=1S/C25H29F3N4O3S/c1-3-31(18-9-5-4-6-10-18)24(33)32-21-12-8-7-11-19(21)30-23(32)36(34)15-20-17(2)22(13-14-29-20)35-16-25(26,27)28/h7-8,11-14,18H,3-6,9-10,15-16H2,1-2H3. The molecule has 1 aliphatic carbocycles. The summed E-state index contributed by atoms with van der Waals surface area (Å²) in [4.78, 5) is 24.4. The van der Waals surface area contributed by atoms with Crippen LogP contribution in [0.2, 0.25) is 0 Å². The van der Waals surface area contributed by atoms with Gasteiger partial charge in [-0.1, -0.05) is 31.4 Å². The zero-order valence-electron chi connectivity index (χ0n) is 20.3. The molecular formula is C25H29F3N4O3S. The maximum Gasteiger partial charge on any atom is 0.422 e. The van der Waals surface area contributed by atoms with Gasteiger partial charge >= 0.3 is 12.2 Å². The number of pyridine rings is 1. The molecule has 0 radical (unpaired) electrons. The molecule has 1 aliphatic rings. The van der Waals surface area contributed by atoms with E-state index in [4.69, 9.17) is 4.74 Å². The van der Waals surface area contributed by atoms with Crippen molar-refractivity contribution >= 4 is 27.9 Å². The van der Waals surface area contributed by atoms with Gasteiger partial charge in [-0.25, -0.2) is 14.3 Å². The highest BCUT2D eigenvalue weighted by atomic mass is 32.2. The number of halogens is 3. The quantitative estimate of drug-likeness (QED) is 0.403. The van der Waals surface area contributed by atoms with Crippen molar-refractivity contribution in [2.75, 3.05) is 13.2 Å². The summed E-state index contributed by atoms with van der Waals surface area (Å²) in [5, 5.41) is 0.0956. The third-order valence-corrected chi connectivity index (χ3v) is 7.66. The summed E-state index contributed by atoms with van der Waals surface area (Å²) in [6, 6.07) is 8.30. The number of ether oxygens (including phenoxy) is 1. The Labute approximate surface area is 210 Å². The van der Waals surface area contributed by atoms with Gasteiger partial charge in [0.2, 0.25) is 5.16 Å². The number of imidazole rings is 1. The smallest absolute Gasteiger partial charge is 0.422 e. The van der Waals surface area contributed by atoms with Crippen LogP contribution >= 0.6 is 0 Å². The highest BCUT2D eigenvalue weighted by molar-refractivity contribution is 7.84. The number of carbonyl (C=O) groups excluding carboxylic acids is 1. The van der Waals surface area contributed by atoms with E-state index in [2.05, 4.69) is 9.97 Å². The van der Waals surface area contributed by atoms with E-state index in [1.165, 1.54) is 16.8 Å². The average molecular weight is 523 g/mol. The molecule has 2 aromatic heterocycles. The minimum atomic E-state index is -4.48. The van der Waals surface area contributed by atoms with Crippen LogP contribution in [0, 0.1) is 6.92 Å². The first-order chi connectivity index (χ1) is 17.2. The summed E-state index contributed by atoms with van der Waals surface area (Å²) in [6.07, 6.45) is 1.99. The van der Waals surface area contributed by atoms with Gasteiger partial charge in [-0.3, -0.25) is 9.19 Å². The van der Waals surface area contributed by atoms with Crippen molar-refractivity contribution < 1.29 is 26.9 Å². The zero-order valence-corrected chi connectivity index (χ0v) is 21.1. The van der Waals surface area contributed by atoms with Crippen LogP contribution < -0.4 is 4.74 Å². The van der Waals surface area contributed by atoms with Crippen LogP contribution in [0.4, 0.5) is 18.0 Å². The van der Waals surface area contributed by atoms with Crippen LogP contribution in [0.15, 0.2) is 41.7 Å². The highest BCUT2D eigenvalue weighted by Crippen LogP contribution is 2.28. The lowest BCUT2D eigenvalue weighted by molar-refractivity contribution is -0.153. The van der Waals surface area contributed by atoms with Gasteiger partial charge in [0.05, 0.1) is 33.3 Å². The summed E-state index contributed by atoms with van der Waals surface area (Å²) < 4.78 is 57.8. The van der Waals surface area contributed by atoms with Crippen molar-refractivity contribution in [3.05, 3.63) is 47.8 Å². The van der Waals surface area contributed by atoms with Gasteiger partial charge in [0.1, 0.15) is 5.75 Å². The topological polar surface area (TPSA) is 77.3 Å². The summed E-state index contributed by atoms with van der Waals surface area (Å²) in [5.41, 5.74) is 1.79. The number of amides is 1. The van der Waals surface area contributed by atoms with Crippen molar-refractivity contribution in [1.82, 2.24) is 19.4 Å². The number of fused-ring (bicyclic) bond motifs is 1. The Bertz CT molecular complexity index is 1260. The molecule has 0 spiro atoms. The van der Waals surface area contributed by atoms with E-state index in [1.54, 1.807) is 31.2 Å². The van der Waals surface area contributed by atoms with Gasteiger partial charge in [-0.05, 0) is 44.9 Å². The first-order valence-electron chi connectivity index (χ1n) is 12.0. The van der Waals surface area contributed by atoms with Crippen LogP contribution in [0.5, 0.6) is 5.75 Å². The molecule has 0 N–H and O–H groups in total. The van der Waals surface area contributed by atoms with E-state index in [-0.39, 0.29) is 28.7 Å². The maximum absolute atomic E-state index is 13.8. The van der Waals surface area contributed by atoms with Crippen LogP contribution in [-0.2, 0) is 16.6 Å². The number of hydrogen-bond donors (Lipinski definition) is 0.